The zero-order valence-electron chi connectivity index (χ0n) is 35.9. The van der Waals surface area contributed by atoms with Gasteiger partial charge in [-0.05, 0) is 119 Å². The van der Waals surface area contributed by atoms with Crippen LogP contribution in [-0.2, 0) is 38.6 Å². The molecule has 2 nitrogen and oxygen atoms in total. The van der Waals surface area contributed by atoms with E-state index in [-0.39, 0.29) is 20.1 Å². The van der Waals surface area contributed by atoms with Gasteiger partial charge in [0, 0.05) is 39.4 Å². The number of anilines is 2. The molecule has 5 aromatic rings. The Morgan fingerprint density at radius 3 is 0.951 bits per heavy atom. The zero-order chi connectivity index (χ0) is 43.8. The standard InChI is InChI=1S/C21H25N2.C21H21P.C8H12.F6P.Ir/c1-14-9-16(3)20(17(4)10-14)22-7-8-23(13-22)21-18(5)11-15(2)12-19(21)6;1-4-10-19(11-5-1)16-22(17-20-12-6-2-7-13-20)18-21-14-8-3-9-15-21;1-2-4-6-8-7-5-3-1;1-7(2,3,4,5)6;/h7-13H,1-6H3;1-15H,16-18H2;1-2,7-8H,3-6H2;;/q-1;;;-1;/p+1/b;;2-1-,8-7-;;. The van der Waals surface area contributed by atoms with E-state index in [1.165, 1.54) is 106 Å². The van der Waals surface area contributed by atoms with Crippen LogP contribution in [0.25, 0.3) is 0 Å². The van der Waals surface area contributed by atoms with E-state index in [1.54, 1.807) is 0 Å². The van der Waals surface area contributed by atoms with E-state index in [1.807, 2.05) is 0 Å². The summed E-state index contributed by atoms with van der Waals surface area (Å²) in [6, 6.07) is 41.8. The number of aryl methyl sites for hydroxylation is 6. The molecule has 0 fully saturated rings. The third kappa shape index (κ3) is 20.6. The fourth-order valence-electron chi connectivity index (χ4n) is 7.48. The van der Waals surface area contributed by atoms with E-state index in [0.717, 1.165) is 0 Å². The number of benzene rings is 5. The van der Waals surface area contributed by atoms with Crippen molar-refractivity contribution in [2.45, 2.75) is 85.7 Å². The number of halogens is 6. The topological polar surface area (TPSA) is 6.48 Å². The van der Waals surface area contributed by atoms with Crippen LogP contribution in [0.1, 0.15) is 75.8 Å². The Bertz CT molecular complexity index is 1950. The molecule has 0 N–H and O–H groups in total. The minimum atomic E-state index is -10.7. The molecule has 0 aromatic heterocycles. The van der Waals surface area contributed by atoms with E-state index >= 15 is 0 Å². The van der Waals surface area contributed by atoms with Crippen LogP contribution in [0, 0.1) is 48.2 Å². The van der Waals surface area contributed by atoms with Gasteiger partial charge in [-0.25, -0.2) is 0 Å². The van der Waals surface area contributed by atoms with Crippen molar-refractivity contribution >= 4 is 27.1 Å². The Kier molecular flexibility index (Phi) is 19.3. The van der Waals surface area contributed by atoms with Gasteiger partial charge in [-0.2, -0.15) is 0 Å². The van der Waals surface area contributed by atoms with Gasteiger partial charge in [-0.15, -0.1) is 6.67 Å². The average molecular weight is 1060 g/mol. The van der Waals surface area contributed by atoms with Gasteiger partial charge >= 0.3 is 33.0 Å². The predicted octanol–water partition coefficient (Wildman–Crippen LogP) is 17.3. The summed E-state index contributed by atoms with van der Waals surface area (Å²) in [5.41, 5.74) is 14.8. The van der Waals surface area contributed by atoms with Crippen molar-refractivity contribution in [3.8, 4) is 0 Å². The van der Waals surface area contributed by atoms with Gasteiger partial charge < -0.3 is 9.80 Å². The van der Waals surface area contributed by atoms with Crippen LogP contribution < -0.4 is 9.80 Å². The van der Waals surface area contributed by atoms with Crippen molar-refractivity contribution in [3.63, 3.8) is 0 Å². The molecule has 0 unspecified atom stereocenters. The quantitative estimate of drug-likeness (QED) is 0.0661. The van der Waals surface area contributed by atoms with Crippen LogP contribution in [-0.4, -0.2) is 0 Å². The molecule has 0 atom stereocenters. The van der Waals surface area contributed by atoms with Crippen molar-refractivity contribution in [2.24, 2.45) is 0 Å². The van der Waals surface area contributed by atoms with Gasteiger partial charge in [0.2, 0.25) is 0 Å². The third-order valence-corrected chi connectivity index (χ3v) is 12.4. The Balaban J connectivity index is 0.000000242. The summed E-state index contributed by atoms with van der Waals surface area (Å²) in [6.07, 6.45) is 22.0. The first-order valence-electron chi connectivity index (χ1n) is 20.3. The van der Waals surface area contributed by atoms with Gasteiger partial charge in [-0.1, -0.05) is 151 Å². The van der Waals surface area contributed by atoms with Crippen molar-refractivity contribution in [1.82, 2.24) is 0 Å². The molecular formula is C50H59F6IrN2P2-. The first-order valence-corrected chi connectivity index (χ1v) is 24.4. The Morgan fingerprint density at radius 1 is 0.459 bits per heavy atom. The second-order valence-corrected chi connectivity index (χ2v) is 20.0. The summed E-state index contributed by atoms with van der Waals surface area (Å²) in [6.45, 7) is 15.2. The van der Waals surface area contributed by atoms with Crippen molar-refractivity contribution in [3.05, 3.63) is 209 Å². The number of rotatable bonds is 8. The molecule has 0 saturated carbocycles. The maximum Gasteiger partial charge on any atom is 0.0826 e. The fraction of sp³-hybridized carbons (Fsp3) is 0.260. The minimum absolute atomic E-state index is 0. The Morgan fingerprint density at radius 2 is 0.705 bits per heavy atom. The maximum atomic E-state index is 9.87. The molecule has 11 heteroatoms. The van der Waals surface area contributed by atoms with Gasteiger partial charge in [0.25, 0.3) is 0 Å². The predicted molar refractivity (Wildman–Crippen MR) is 249 cm³/mol. The molecule has 5 aromatic carbocycles. The van der Waals surface area contributed by atoms with E-state index in [2.05, 4.69) is 210 Å². The fourth-order valence-corrected chi connectivity index (χ4v) is 10.3. The van der Waals surface area contributed by atoms with Gasteiger partial charge in [0.05, 0.1) is 18.5 Å². The summed E-state index contributed by atoms with van der Waals surface area (Å²) >= 11 is 0. The molecule has 61 heavy (non-hydrogen) atoms. The summed E-state index contributed by atoms with van der Waals surface area (Å²) in [5.74, 6) is 0. The largest absolute Gasteiger partial charge is 0.0826 e. The molecule has 0 bridgehead atoms. The molecule has 7 rings (SSSR count). The Labute approximate surface area is 374 Å². The first kappa shape index (κ1) is 51.4. The summed E-state index contributed by atoms with van der Waals surface area (Å²) in [5, 5.41) is 0. The van der Waals surface area contributed by atoms with Crippen molar-refractivity contribution < 1.29 is 45.3 Å². The number of hydrogen-bond donors (Lipinski definition) is 0. The van der Waals surface area contributed by atoms with Crippen LogP contribution in [0.2, 0.25) is 0 Å². The minimum Gasteiger partial charge on any atom is -0.0622 e. The molecule has 0 amide bonds. The van der Waals surface area contributed by atoms with Gasteiger partial charge in [0.15, 0.2) is 0 Å². The average Bonchev–Trinajstić information content (AvgIpc) is 3.60. The molecule has 0 saturated heterocycles. The molecule has 1 radical (unpaired) electrons. The monoisotopic (exact) mass is 1060 g/mol. The first-order chi connectivity index (χ1) is 28.2. The summed E-state index contributed by atoms with van der Waals surface area (Å²) in [7, 11) is -11.2. The second kappa shape index (κ2) is 22.9. The van der Waals surface area contributed by atoms with Crippen LogP contribution in [0.3, 0.4) is 0 Å². The van der Waals surface area contributed by atoms with Crippen LogP contribution in [0.4, 0.5) is 36.6 Å². The van der Waals surface area contributed by atoms with Crippen LogP contribution >= 0.6 is 15.7 Å². The molecule has 0 spiro atoms. The Hall–Kier alpha value is -3.99. The number of hydrogen-bond acceptors (Lipinski definition) is 2. The molecular weight excluding hydrogens is 997 g/mol. The van der Waals surface area contributed by atoms with Crippen LogP contribution in [0.5, 0.6) is 0 Å². The molecule has 331 valence electrons. The van der Waals surface area contributed by atoms with Gasteiger partial charge in [0.1, 0.15) is 0 Å². The summed E-state index contributed by atoms with van der Waals surface area (Å²) in [4.78, 5) is 4.45. The van der Waals surface area contributed by atoms with Crippen LogP contribution in [0.15, 0.2) is 152 Å². The van der Waals surface area contributed by atoms with Gasteiger partial charge in [-0.3, -0.25) is 0 Å². The number of allylic oxidation sites excluding steroid dienone is 4. The smallest absolute Gasteiger partial charge is 0.0622 e. The third-order valence-electron chi connectivity index (χ3n) is 9.65. The molecule has 1 aliphatic carbocycles. The normalized spacial score (nSPS) is 15.5. The van der Waals surface area contributed by atoms with E-state index in [0.29, 0.717) is 0 Å². The van der Waals surface area contributed by atoms with E-state index in [4.69, 9.17) is 0 Å². The van der Waals surface area contributed by atoms with Crippen molar-refractivity contribution in [2.75, 3.05) is 9.80 Å². The summed E-state index contributed by atoms with van der Waals surface area (Å²) < 4.78 is 59.2. The second-order valence-electron chi connectivity index (χ2n) is 15.5. The molecule has 1 heterocycles. The SMILES string of the molecule is C1=C\CC/C=C\CC/1.Cc1cc(C)c(N2C=CN(c3c(C)cc(C)cc3C)[CH-]2)c(C)c1.F[P-](F)(F)(F)(F)F.[Ir].c1ccc(C[PH+](Cc2ccccc2)Cc2ccccc2)cc1. The molecule has 1 aliphatic heterocycles. The van der Waals surface area contributed by atoms with E-state index in [9.17, 15) is 25.2 Å². The van der Waals surface area contributed by atoms with Crippen molar-refractivity contribution in [1.29, 1.82) is 0 Å². The van der Waals surface area contributed by atoms with E-state index < -0.39 is 15.7 Å². The number of nitrogens with zero attached hydrogens (tertiary/aromatic N) is 2. The zero-order valence-corrected chi connectivity index (χ0v) is 40.2. The maximum absolute atomic E-state index is 10.7. The molecule has 2 aliphatic rings.